The average Bonchev–Trinajstić information content (AvgIpc) is 2.94. The van der Waals surface area contributed by atoms with Gasteiger partial charge in [0, 0.05) is 13.6 Å². The van der Waals surface area contributed by atoms with Gasteiger partial charge < -0.3 is 0 Å². The summed E-state index contributed by atoms with van der Waals surface area (Å²) in [5.74, 6) is -2.37. The molecule has 43 heavy (non-hydrogen) atoms. The number of amides is 1. The fraction of sp³-hybridized carbons (Fsp3) is 0.156. The number of fused-ring (bicyclic) bond motifs is 1. The van der Waals surface area contributed by atoms with E-state index < -0.39 is 42.8 Å². The van der Waals surface area contributed by atoms with Gasteiger partial charge in [-0.3, -0.25) is 4.79 Å². The molecule has 1 aliphatic heterocycles. The van der Waals surface area contributed by atoms with Gasteiger partial charge in [0.2, 0.25) is 0 Å². The molecule has 11 heteroatoms. The smallest absolute Gasteiger partial charge is 0.270 e. The molecule has 0 saturated carbocycles. The monoisotopic (exact) mass is 793 g/mol. The molecular formula is C32H26BrFINO5S2. The number of hydrogen-bond acceptors (Lipinski definition) is 5. The van der Waals surface area contributed by atoms with Gasteiger partial charge in [0.25, 0.3) is 15.9 Å². The molecule has 0 aromatic heterocycles. The first-order valence-corrected chi connectivity index (χ1v) is 18.0. The van der Waals surface area contributed by atoms with E-state index >= 15 is 0 Å². The summed E-state index contributed by atoms with van der Waals surface area (Å²) in [7, 11) is -8.70. The van der Waals surface area contributed by atoms with Crippen LogP contribution in [-0.4, -0.2) is 28.5 Å². The zero-order chi connectivity index (χ0) is 31.3. The van der Waals surface area contributed by atoms with Crippen molar-refractivity contribution < 1.29 is 26.0 Å². The maximum absolute atomic E-state index is 15.0. The highest BCUT2D eigenvalue weighted by Gasteiger charge is 2.53. The van der Waals surface area contributed by atoms with Gasteiger partial charge in [0.1, 0.15) is 5.82 Å². The number of hydrogen-bond donors (Lipinski definition) is 0. The van der Waals surface area contributed by atoms with Crippen LogP contribution >= 0.6 is 38.5 Å². The van der Waals surface area contributed by atoms with Crippen LogP contribution in [-0.2, 0) is 24.7 Å². The molecule has 0 fully saturated rings. The van der Waals surface area contributed by atoms with Crippen molar-refractivity contribution in [3.63, 3.8) is 0 Å². The summed E-state index contributed by atoms with van der Waals surface area (Å²) in [6.45, 7) is 5.16. The third-order valence-electron chi connectivity index (χ3n) is 7.39. The quantitative estimate of drug-likeness (QED) is 0.187. The second-order valence-corrected chi connectivity index (χ2v) is 16.4. The highest BCUT2D eigenvalue weighted by molar-refractivity contribution is 14.1. The molecule has 1 heterocycles. The summed E-state index contributed by atoms with van der Waals surface area (Å²) in [6.07, 6.45) is 0. The molecule has 0 radical (unpaired) electrons. The van der Waals surface area contributed by atoms with Crippen LogP contribution in [0.2, 0.25) is 0 Å². The van der Waals surface area contributed by atoms with E-state index in [1.807, 2.05) is 60.7 Å². The Labute approximate surface area is 272 Å². The van der Waals surface area contributed by atoms with Gasteiger partial charge in [-0.05, 0) is 109 Å². The number of halogens is 3. The van der Waals surface area contributed by atoms with E-state index in [4.69, 9.17) is 0 Å². The predicted octanol–water partition coefficient (Wildman–Crippen LogP) is 7.72. The van der Waals surface area contributed by atoms with E-state index in [2.05, 4.69) is 15.9 Å². The summed E-state index contributed by atoms with van der Waals surface area (Å²) in [5, 5.41) is 0. The Hall–Kier alpha value is -2.87. The van der Waals surface area contributed by atoms with Crippen molar-refractivity contribution in [2.24, 2.45) is 5.41 Å². The summed E-state index contributed by atoms with van der Waals surface area (Å²) in [5.41, 5.74) is 0.864. The zero-order valence-corrected chi connectivity index (χ0v) is 28.7. The maximum atomic E-state index is 15.0. The standard InChI is InChI=1S/C32H26BrFINO5S2/c1-20-4-8-22(9-5-20)30(35)29-27-18-24(34)12-17-28(27)36(43(40,41)26-15-10-23(33)11-16-26)31(37)32(29,3)19-42(38,39)25-13-6-21(2)7-14-25/h4-18H,19H2,1-3H3/b30-29-. The Balaban J connectivity index is 1.83. The molecule has 222 valence electrons. The summed E-state index contributed by atoms with van der Waals surface area (Å²) < 4.78 is 72.8. The number of aryl methyl sites for hydroxylation is 2. The van der Waals surface area contributed by atoms with Gasteiger partial charge in [-0.1, -0.05) is 63.5 Å². The van der Waals surface area contributed by atoms with E-state index in [1.165, 1.54) is 49.4 Å². The molecule has 1 aliphatic rings. The number of carbonyl (C=O) groups excluding carboxylic acids is 1. The van der Waals surface area contributed by atoms with Crippen LogP contribution in [0.1, 0.15) is 29.2 Å². The predicted molar refractivity (Wildman–Crippen MR) is 179 cm³/mol. The van der Waals surface area contributed by atoms with Crippen LogP contribution in [0.25, 0.3) is 9.15 Å². The average molecular weight is 795 g/mol. The van der Waals surface area contributed by atoms with Gasteiger partial charge in [0.15, 0.2) is 9.84 Å². The van der Waals surface area contributed by atoms with Crippen molar-refractivity contribution in [3.05, 3.63) is 124 Å². The van der Waals surface area contributed by atoms with Crippen LogP contribution in [0, 0.1) is 25.1 Å². The van der Waals surface area contributed by atoms with Crippen LogP contribution in [0.5, 0.6) is 0 Å². The second kappa shape index (κ2) is 11.6. The van der Waals surface area contributed by atoms with E-state index in [1.54, 1.807) is 12.1 Å². The molecule has 0 saturated heterocycles. The number of sulfone groups is 1. The van der Waals surface area contributed by atoms with Gasteiger partial charge in [0.05, 0.1) is 26.6 Å². The van der Waals surface area contributed by atoms with Crippen LogP contribution < -0.4 is 4.31 Å². The van der Waals surface area contributed by atoms with Crippen molar-refractivity contribution >= 4 is 79.1 Å². The third-order valence-corrected chi connectivity index (χ3v) is 12.7. The number of sulfonamides is 1. The Morgan fingerprint density at radius 3 is 1.95 bits per heavy atom. The normalized spacial score (nSPS) is 18.4. The van der Waals surface area contributed by atoms with E-state index in [-0.39, 0.29) is 26.6 Å². The molecule has 4 aromatic carbocycles. The largest absolute Gasteiger partial charge is 0.272 e. The molecule has 1 atom stereocenters. The lowest BCUT2D eigenvalue weighted by Gasteiger charge is -2.42. The van der Waals surface area contributed by atoms with Crippen LogP contribution in [0.3, 0.4) is 0 Å². The molecule has 0 aliphatic carbocycles. The minimum absolute atomic E-state index is 0.0100. The molecular weight excluding hydrogens is 768 g/mol. The third kappa shape index (κ3) is 5.84. The van der Waals surface area contributed by atoms with E-state index in [0.717, 1.165) is 23.3 Å². The lowest BCUT2D eigenvalue weighted by atomic mass is 9.75. The molecule has 5 rings (SSSR count). The molecule has 6 nitrogen and oxygen atoms in total. The summed E-state index contributed by atoms with van der Waals surface area (Å²) in [4.78, 5) is 14.5. The van der Waals surface area contributed by atoms with E-state index in [0.29, 0.717) is 17.9 Å². The van der Waals surface area contributed by atoms with Gasteiger partial charge in [-0.25, -0.2) is 25.5 Å². The molecule has 0 spiro atoms. The first kappa shape index (κ1) is 31.6. The Morgan fingerprint density at radius 1 is 0.837 bits per heavy atom. The van der Waals surface area contributed by atoms with Crippen molar-refractivity contribution in [1.82, 2.24) is 0 Å². The van der Waals surface area contributed by atoms with Gasteiger partial charge in [-0.15, -0.1) is 0 Å². The lowest BCUT2D eigenvalue weighted by molar-refractivity contribution is -0.122. The van der Waals surface area contributed by atoms with Gasteiger partial charge in [-0.2, -0.15) is 0 Å². The van der Waals surface area contributed by atoms with Crippen molar-refractivity contribution in [1.29, 1.82) is 0 Å². The fourth-order valence-electron chi connectivity index (χ4n) is 5.12. The number of nitrogens with zero attached hydrogens (tertiary/aromatic N) is 1. The van der Waals surface area contributed by atoms with Crippen LogP contribution in [0.15, 0.2) is 105 Å². The first-order valence-electron chi connectivity index (χ1n) is 13.1. The number of benzene rings is 4. The topological polar surface area (TPSA) is 88.6 Å². The first-order chi connectivity index (χ1) is 20.1. The van der Waals surface area contributed by atoms with Gasteiger partial charge >= 0.3 is 0 Å². The Kier molecular flexibility index (Phi) is 8.49. The lowest BCUT2D eigenvalue weighted by Crippen LogP contribution is -2.52. The maximum Gasteiger partial charge on any atom is 0.270 e. The Bertz CT molecular complexity index is 1990. The SMILES string of the molecule is Cc1ccc(/C(I)=C2\c3cc(F)ccc3N(S(=O)(=O)c3ccc(Br)cc3)C(=O)C2(C)CS(=O)(=O)c2ccc(C)cc2)cc1. The minimum atomic E-state index is -4.55. The zero-order valence-electron chi connectivity index (χ0n) is 23.3. The molecule has 1 amide bonds. The Morgan fingerprint density at radius 2 is 1.37 bits per heavy atom. The number of carbonyl (C=O) groups is 1. The number of anilines is 1. The molecule has 0 N–H and O–H groups in total. The highest BCUT2D eigenvalue weighted by atomic mass is 127. The van der Waals surface area contributed by atoms with Crippen molar-refractivity contribution in [2.45, 2.75) is 30.6 Å². The van der Waals surface area contributed by atoms with Crippen molar-refractivity contribution in [2.75, 3.05) is 10.1 Å². The highest BCUT2D eigenvalue weighted by Crippen LogP contribution is 2.53. The van der Waals surface area contributed by atoms with E-state index in [9.17, 15) is 26.0 Å². The second-order valence-electron chi connectivity index (χ2n) is 10.6. The van der Waals surface area contributed by atoms with Crippen molar-refractivity contribution in [3.8, 4) is 0 Å². The molecule has 1 unspecified atom stereocenters. The molecule has 0 bridgehead atoms. The van der Waals surface area contributed by atoms with Crippen LogP contribution in [0.4, 0.5) is 10.1 Å². The summed E-state index contributed by atoms with van der Waals surface area (Å²) in [6, 6.07) is 22.8. The fourth-order valence-corrected chi connectivity index (χ4v) is 9.91. The molecule has 4 aromatic rings. The number of rotatable bonds is 6. The summed E-state index contributed by atoms with van der Waals surface area (Å²) >= 11 is 5.32. The minimum Gasteiger partial charge on any atom is -0.272 e.